The molecule has 0 saturated heterocycles. The van der Waals surface area contributed by atoms with E-state index >= 15 is 0 Å². The SMILES string of the molecule is COC(=O)c1ccc(Cn2cccn2)c(C)n1. The molecular weight excluding hydrogens is 218 g/mol. The molecular formula is C12H13N3O2. The quantitative estimate of drug-likeness (QED) is 0.750. The second-order valence-corrected chi connectivity index (χ2v) is 3.64. The number of aromatic nitrogens is 3. The second-order valence-electron chi connectivity index (χ2n) is 3.64. The number of ether oxygens (including phenoxy) is 1. The first-order valence-corrected chi connectivity index (χ1v) is 5.23. The molecule has 0 spiro atoms. The first kappa shape index (κ1) is 11.3. The van der Waals surface area contributed by atoms with Crippen LogP contribution >= 0.6 is 0 Å². The van der Waals surface area contributed by atoms with Gasteiger partial charge in [-0.25, -0.2) is 9.78 Å². The summed E-state index contributed by atoms with van der Waals surface area (Å²) in [4.78, 5) is 15.5. The van der Waals surface area contributed by atoms with Crippen molar-refractivity contribution in [1.29, 1.82) is 0 Å². The number of aryl methyl sites for hydroxylation is 1. The van der Waals surface area contributed by atoms with E-state index in [1.807, 2.05) is 29.9 Å². The van der Waals surface area contributed by atoms with Crippen molar-refractivity contribution >= 4 is 5.97 Å². The Labute approximate surface area is 99.1 Å². The van der Waals surface area contributed by atoms with Gasteiger partial charge in [-0.15, -0.1) is 0 Å². The van der Waals surface area contributed by atoms with Gasteiger partial charge in [0.2, 0.25) is 0 Å². The summed E-state index contributed by atoms with van der Waals surface area (Å²) < 4.78 is 6.43. The third kappa shape index (κ3) is 2.50. The van der Waals surface area contributed by atoms with Gasteiger partial charge in [-0.2, -0.15) is 5.10 Å². The summed E-state index contributed by atoms with van der Waals surface area (Å²) in [7, 11) is 1.34. The molecule has 0 radical (unpaired) electrons. The lowest BCUT2D eigenvalue weighted by molar-refractivity contribution is 0.0593. The minimum atomic E-state index is -0.418. The molecule has 0 aromatic carbocycles. The molecule has 88 valence electrons. The zero-order valence-corrected chi connectivity index (χ0v) is 9.75. The van der Waals surface area contributed by atoms with Gasteiger partial charge in [-0.1, -0.05) is 6.07 Å². The highest BCUT2D eigenvalue weighted by atomic mass is 16.5. The fourth-order valence-corrected chi connectivity index (χ4v) is 1.54. The van der Waals surface area contributed by atoms with E-state index in [4.69, 9.17) is 0 Å². The van der Waals surface area contributed by atoms with Gasteiger partial charge in [0.15, 0.2) is 0 Å². The number of methoxy groups -OCH3 is 1. The number of hydrogen-bond donors (Lipinski definition) is 0. The molecule has 0 aliphatic heterocycles. The fraction of sp³-hybridized carbons (Fsp3) is 0.250. The molecule has 2 heterocycles. The van der Waals surface area contributed by atoms with Gasteiger partial charge >= 0.3 is 5.97 Å². The van der Waals surface area contributed by atoms with Crippen molar-refractivity contribution in [2.24, 2.45) is 0 Å². The van der Waals surface area contributed by atoms with Crippen LogP contribution < -0.4 is 0 Å². The summed E-state index contributed by atoms with van der Waals surface area (Å²) in [6, 6.07) is 5.40. The van der Waals surface area contributed by atoms with Crippen LogP contribution in [0.5, 0.6) is 0 Å². The Morgan fingerprint density at radius 2 is 2.29 bits per heavy atom. The fourth-order valence-electron chi connectivity index (χ4n) is 1.54. The van der Waals surface area contributed by atoms with Crippen molar-refractivity contribution in [2.75, 3.05) is 7.11 Å². The molecule has 0 N–H and O–H groups in total. The third-order valence-corrected chi connectivity index (χ3v) is 2.48. The average molecular weight is 231 g/mol. The average Bonchev–Trinajstić information content (AvgIpc) is 2.83. The molecule has 0 aliphatic carbocycles. The summed E-state index contributed by atoms with van der Waals surface area (Å²) in [6.45, 7) is 2.51. The number of rotatable bonds is 3. The van der Waals surface area contributed by atoms with Crippen LogP contribution in [0, 0.1) is 6.92 Å². The summed E-state index contributed by atoms with van der Waals surface area (Å²) >= 11 is 0. The monoisotopic (exact) mass is 231 g/mol. The van der Waals surface area contributed by atoms with Crippen LogP contribution in [0.3, 0.4) is 0 Å². The minimum Gasteiger partial charge on any atom is -0.464 e. The lowest BCUT2D eigenvalue weighted by atomic mass is 10.2. The number of carbonyl (C=O) groups is 1. The van der Waals surface area contributed by atoms with Gasteiger partial charge in [-0.3, -0.25) is 4.68 Å². The molecule has 0 atom stereocenters. The molecule has 2 aromatic heterocycles. The van der Waals surface area contributed by atoms with E-state index in [1.165, 1.54) is 7.11 Å². The summed E-state index contributed by atoms with van der Waals surface area (Å²) in [6.07, 6.45) is 3.61. The maximum atomic E-state index is 11.3. The summed E-state index contributed by atoms with van der Waals surface area (Å²) in [5.74, 6) is -0.418. The van der Waals surface area contributed by atoms with E-state index in [0.717, 1.165) is 11.3 Å². The maximum Gasteiger partial charge on any atom is 0.356 e. The molecule has 0 bridgehead atoms. The number of hydrogen-bond acceptors (Lipinski definition) is 4. The zero-order valence-electron chi connectivity index (χ0n) is 9.75. The Morgan fingerprint density at radius 3 is 2.88 bits per heavy atom. The molecule has 2 aromatic rings. The van der Waals surface area contributed by atoms with E-state index in [2.05, 4.69) is 14.8 Å². The lowest BCUT2D eigenvalue weighted by Gasteiger charge is -2.07. The van der Waals surface area contributed by atoms with Gasteiger partial charge in [0.1, 0.15) is 5.69 Å². The molecule has 0 aliphatic rings. The smallest absolute Gasteiger partial charge is 0.356 e. The first-order valence-electron chi connectivity index (χ1n) is 5.23. The highest BCUT2D eigenvalue weighted by Crippen LogP contribution is 2.09. The Kier molecular flexibility index (Phi) is 3.18. The van der Waals surface area contributed by atoms with Crippen molar-refractivity contribution in [1.82, 2.24) is 14.8 Å². The predicted octanol–water partition coefficient (Wildman–Crippen LogP) is 1.42. The van der Waals surface area contributed by atoms with Gasteiger partial charge in [-0.05, 0) is 24.6 Å². The highest BCUT2D eigenvalue weighted by molar-refractivity contribution is 5.87. The molecule has 5 nitrogen and oxygen atoms in total. The zero-order chi connectivity index (χ0) is 12.3. The standard InChI is InChI=1S/C12H13N3O2/c1-9-10(8-15-7-3-6-13-15)4-5-11(14-9)12(16)17-2/h3-7H,8H2,1-2H3. The summed E-state index contributed by atoms with van der Waals surface area (Å²) in [5, 5.41) is 4.12. The van der Waals surface area contributed by atoms with E-state index in [9.17, 15) is 4.79 Å². The second kappa shape index (κ2) is 4.78. The van der Waals surface area contributed by atoms with Crippen LogP contribution in [0.25, 0.3) is 0 Å². The van der Waals surface area contributed by atoms with Crippen LogP contribution in [0.2, 0.25) is 0 Å². The third-order valence-electron chi connectivity index (χ3n) is 2.48. The molecule has 0 amide bonds. The van der Waals surface area contributed by atoms with E-state index in [-0.39, 0.29) is 0 Å². The normalized spacial score (nSPS) is 10.2. The molecule has 0 unspecified atom stereocenters. The Hall–Kier alpha value is -2.17. The van der Waals surface area contributed by atoms with Gasteiger partial charge in [0.25, 0.3) is 0 Å². The van der Waals surface area contributed by atoms with Crippen LogP contribution in [-0.4, -0.2) is 27.8 Å². The maximum absolute atomic E-state index is 11.3. The molecule has 2 rings (SSSR count). The number of nitrogens with zero attached hydrogens (tertiary/aromatic N) is 3. The molecule has 0 fully saturated rings. The number of pyridine rings is 1. The van der Waals surface area contributed by atoms with Gasteiger partial charge in [0, 0.05) is 18.1 Å². The highest BCUT2D eigenvalue weighted by Gasteiger charge is 2.09. The van der Waals surface area contributed by atoms with Crippen molar-refractivity contribution in [3.8, 4) is 0 Å². The van der Waals surface area contributed by atoms with E-state index in [0.29, 0.717) is 12.2 Å². The Balaban J connectivity index is 2.23. The molecule has 17 heavy (non-hydrogen) atoms. The van der Waals surface area contributed by atoms with E-state index < -0.39 is 5.97 Å². The van der Waals surface area contributed by atoms with Crippen LogP contribution in [0.4, 0.5) is 0 Å². The number of esters is 1. The van der Waals surface area contributed by atoms with Crippen molar-refractivity contribution in [3.05, 3.63) is 47.5 Å². The van der Waals surface area contributed by atoms with Crippen LogP contribution in [0.15, 0.2) is 30.6 Å². The van der Waals surface area contributed by atoms with Crippen molar-refractivity contribution in [3.63, 3.8) is 0 Å². The van der Waals surface area contributed by atoms with Gasteiger partial charge in [0.05, 0.1) is 13.7 Å². The Morgan fingerprint density at radius 1 is 1.47 bits per heavy atom. The minimum absolute atomic E-state index is 0.328. The van der Waals surface area contributed by atoms with Crippen molar-refractivity contribution in [2.45, 2.75) is 13.5 Å². The van der Waals surface area contributed by atoms with Crippen LogP contribution in [-0.2, 0) is 11.3 Å². The van der Waals surface area contributed by atoms with Crippen LogP contribution in [0.1, 0.15) is 21.7 Å². The topological polar surface area (TPSA) is 57.0 Å². The number of carbonyl (C=O) groups excluding carboxylic acids is 1. The first-order chi connectivity index (χ1) is 8.20. The van der Waals surface area contributed by atoms with Crippen molar-refractivity contribution < 1.29 is 9.53 Å². The van der Waals surface area contributed by atoms with E-state index in [1.54, 1.807) is 12.3 Å². The largest absolute Gasteiger partial charge is 0.464 e. The molecule has 0 saturated carbocycles. The molecule has 5 heteroatoms. The predicted molar refractivity (Wildman–Crippen MR) is 61.6 cm³/mol. The summed E-state index contributed by atoms with van der Waals surface area (Å²) in [5.41, 5.74) is 2.17. The van der Waals surface area contributed by atoms with Gasteiger partial charge < -0.3 is 4.74 Å². The lowest BCUT2D eigenvalue weighted by Crippen LogP contribution is -2.08. The Bertz CT molecular complexity index is 521.